The molecule has 1 aromatic rings. The molecule has 0 aliphatic carbocycles. The van der Waals surface area contributed by atoms with Crippen LogP contribution in [0.25, 0.3) is 0 Å². The number of aliphatic hydroxyl groups is 1. The number of nitrogens with two attached hydrogens (primary N) is 1. The van der Waals surface area contributed by atoms with Crippen molar-refractivity contribution in [1.29, 1.82) is 0 Å². The predicted molar refractivity (Wildman–Crippen MR) is 71.2 cm³/mol. The fourth-order valence-corrected chi connectivity index (χ4v) is 2.24. The molecule has 0 aliphatic heterocycles. The van der Waals surface area contributed by atoms with Crippen molar-refractivity contribution in [3.8, 4) is 0 Å². The minimum absolute atomic E-state index is 0.123. The molecular weight excluding hydrogens is 236 g/mol. The van der Waals surface area contributed by atoms with Crippen LogP contribution in [0.4, 0.5) is 5.69 Å². The van der Waals surface area contributed by atoms with Gasteiger partial charge < -0.3 is 16.2 Å². The van der Waals surface area contributed by atoms with Crippen molar-refractivity contribution in [3.05, 3.63) is 23.8 Å². The van der Waals surface area contributed by atoms with Crippen LogP contribution >= 0.6 is 11.8 Å². The topological polar surface area (TPSA) is 75.4 Å². The second kappa shape index (κ2) is 6.51. The number of hydrogen-bond donors (Lipinski definition) is 3. The average molecular weight is 254 g/mol. The van der Waals surface area contributed by atoms with Crippen molar-refractivity contribution in [2.75, 3.05) is 25.1 Å². The van der Waals surface area contributed by atoms with Gasteiger partial charge in [-0.1, -0.05) is 6.92 Å². The molecule has 94 valence electrons. The predicted octanol–water partition coefficient (Wildman–Crippen LogP) is 1.35. The summed E-state index contributed by atoms with van der Waals surface area (Å²) in [4.78, 5) is 12.4. The Morgan fingerprint density at radius 3 is 2.88 bits per heavy atom. The second-order valence-corrected chi connectivity index (χ2v) is 4.99. The van der Waals surface area contributed by atoms with Crippen molar-refractivity contribution in [2.24, 2.45) is 5.92 Å². The van der Waals surface area contributed by atoms with E-state index in [0.29, 0.717) is 11.3 Å². The van der Waals surface area contributed by atoms with Crippen LogP contribution in [-0.4, -0.2) is 30.4 Å². The third kappa shape index (κ3) is 3.94. The van der Waals surface area contributed by atoms with Crippen LogP contribution in [0.5, 0.6) is 0 Å². The number of carbonyl (C=O) groups excluding carboxylic acids is 1. The number of benzene rings is 1. The molecule has 1 rings (SSSR count). The maximum absolute atomic E-state index is 11.5. The van der Waals surface area contributed by atoms with Crippen molar-refractivity contribution >= 4 is 23.4 Å². The van der Waals surface area contributed by atoms with E-state index in [2.05, 4.69) is 5.32 Å². The van der Waals surface area contributed by atoms with Gasteiger partial charge in [0.2, 0.25) is 0 Å². The highest BCUT2D eigenvalue weighted by Gasteiger charge is 2.08. The van der Waals surface area contributed by atoms with E-state index in [9.17, 15) is 4.79 Å². The Hall–Kier alpha value is -1.20. The summed E-state index contributed by atoms with van der Waals surface area (Å²) in [5, 5.41) is 11.5. The molecule has 0 saturated heterocycles. The molecule has 0 fully saturated rings. The van der Waals surface area contributed by atoms with Gasteiger partial charge in [-0.15, -0.1) is 11.8 Å². The molecule has 0 aromatic heterocycles. The maximum atomic E-state index is 11.5. The van der Waals surface area contributed by atoms with Crippen LogP contribution in [0.3, 0.4) is 0 Å². The molecular formula is C12H18N2O2S. The van der Waals surface area contributed by atoms with Gasteiger partial charge in [0.1, 0.15) is 0 Å². The quantitative estimate of drug-likeness (QED) is 0.547. The van der Waals surface area contributed by atoms with Crippen molar-refractivity contribution in [3.63, 3.8) is 0 Å². The molecule has 1 aromatic carbocycles. The highest BCUT2D eigenvalue weighted by Crippen LogP contribution is 2.27. The lowest BCUT2D eigenvalue weighted by atomic mass is 10.2. The zero-order valence-corrected chi connectivity index (χ0v) is 10.9. The molecule has 5 heteroatoms. The molecule has 1 unspecified atom stereocenters. The highest BCUT2D eigenvalue weighted by molar-refractivity contribution is 7.99. The Labute approximate surface area is 106 Å². The van der Waals surface area contributed by atoms with E-state index in [1.54, 1.807) is 37.0 Å². The summed E-state index contributed by atoms with van der Waals surface area (Å²) in [5.41, 5.74) is 7.10. The second-order valence-electron chi connectivity index (χ2n) is 3.93. The number of hydrogen-bond acceptors (Lipinski definition) is 4. The van der Waals surface area contributed by atoms with E-state index >= 15 is 0 Å². The fraction of sp³-hybridized carbons (Fsp3) is 0.417. The molecule has 4 nitrogen and oxygen atoms in total. The molecule has 0 heterocycles. The standard InChI is InChI=1S/C12H18N2O2S/c1-8(6-15)7-17-11-5-9(12(16)14-2)3-4-10(11)13/h3-5,8,15H,6-7,13H2,1-2H3,(H,14,16). The first kappa shape index (κ1) is 13.9. The lowest BCUT2D eigenvalue weighted by Gasteiger charge is -2.10. The van der Waals surface area contributed by atoms with Crippen molar-refractivity contribution < 1.29 is 9.90 Å². The third-order valence-electron chi connectivity index (χ3n) is 2.34. The maximum Gasteiger partial charge on any atom is 0.251 e. The van der Waals surface area contributed by atoms with E-state index in [-0.39, 0.29) is 18.4 Å². The normalized spacial score (nSPS) is 12.2. The Balaban J connectivity index is 2.80. The third-order valence-corrected chi connectivity index (χ3v) is 3.74. The highest BCUT2D eigenvalue weighted by atomic mass is 32.2. The van der Waals surface area contributed by atoms with Crippen LogP contribution in [0.1, 0.15) is 17.3 Å². The summed E-state index contributed by atoms with van der Waals surface area (Å²) in [6, 6.07) is 5.22. The Morgan fingerprint density at radius 1 is 1.59 bits per heavy atom. The summed E-state index contributed by atoms with van der Waals surface area (Å²) in [7, 11) is 1.60. The lowest BCUT2D eigenvalue weighted by molar-refractivity contribution is 0.0963. The Morgan fingerprint density at radius 2 is 2.29 bits per heavy atom. The first-order valence-electron chi connectivity index (χ1n) is 5.43. The van der Waals surface area contributed by atoms with Crippen molar-refractivity contribution in [1.82, 2.24) is 5.32 Å². The zero-order chi connectivity index (χ0) is 12.8. The Bertz CT molecular complexity index is 396. The van der Waals surface area contributed by atoms with E-state index in [0.717, 1.165) is 10.6 Å². The monoisotopic (exact) mass is 254 g/mol. The smallest absolute Gasteiger partial charge is 0.251 e. The molecule has 0 saturated carbocycles. The van der Waals surface area contributed by atoms with Gasteiger partial charge in [-0.25, -0.2) is 0 Å². The van der Waals surface area contributed by atoms with E-state index in [1.807, 2.05) is 6.92 Å². The first-order chi connectivity index (χ1) is 8.08. The molecule has 4 N–H and O–H groups in total. The fourth-order valence-electron chi connectivity index (χ4n) is 1.23. The first-order valence-corrected chi connectivity index (χ1v) is 6.42. The molecule has 0 bridgehead atoms. The summed E-state index contributed by atoms with van der Waals surface area (Å²) in [6.07, 6.45) is 0. The molecule has 1 atom stereocenters. The number of rotatable bonds is 5. The average Bonchev–Trinajstić information content (AvgIpc) is 2.36. The van der Waals surface area contributed by atoms with Crippen LogP contribution in [0.15, 0.2) is 23.1 Å². The SMILES string of the molecule is CNC(=O)c1ccc(N)c(SCC(C)CO)c1. The molecule has 1 amide bonds. The molecule has 0 aliphatic rings. The lowest BCUT2D eigenvalue weighted by Crippen LogP contribution is -2.17. The molecule has 0 spiro atoms. The summed E-state index contributed by atoms with van der Waals surface area (Å²) in [5.74, 6) is 0.864. The van der Waals surface area contributed by atoms with Gasteiger partial charge in [-0.2, -0.15) is 0 Å². The number of nitrogen functional groups attached to an aromatic ring is 1. The number of nitrogens with one attached hydrogen (secondary N) is 1. The minimum atomic E-state index is -0.123. The van der Waals surface area contributed by atoms with Gasteiger partial charge in [0.15, 0.2) is 0 Å². The van der Waals surface area contributed by atoms with E-state index in [1.165, 1.54) is 0 Å². The number of anilines is 1. The summed E-state index contributed by atoms with van der Waals surface area (Å²) < 4.78 is 0. The number of amides is 1. The van der Waals surface area contributed by atoms with E-state index < -0.39 is 0 Å². The van der Waals surface area contributed by atoms with Crippen LogP contribution in [0, 0.1) is 5.92 Å². The van der Waals surface area contributed by atoms with Crippen molar-refractivity contribution in [2.45, 2.75) is 11.8 Å². The number of thioether (sulfide) groups is 1. The largest absolute Gasteiger partial charge is 0.398 e. The zero-order valence-electron chi connectivity index (χ0n) is 10.1. The Kier molecular flexibility index (Phi) is 5.31. The van der Waals surface area contributed by atoms with Gasteiger partial charge in [0.05, 0.1) is 0 Å². The van der Waals surface area contributed by atoms with Gasteiger partial charge in [-0.05, 0) is 24.1 Å². The van der Waals surface area contributed by atoms with Gasteiger partial charge >= 0.3 is 0 Å². The summed E-state index contributed by atoms with van der Waals surface area (Å²) >= 11 is 1.56. The minimum Gasteiger partial charge on any atom is -0.398 e. The molecule has 17 heavy (non-hydrogen) atoms. The summed E-state index contributed by atoms with van der Waals surface area (Å²) in [6.45, 7) is 2.12. The van der Waals surface area contributed by atoms with Crippen LogP contribution in [0.2, 0.25) is 0 Å². The molecule has 0 radical (unpaired) electrons. The van der Waals surface area contributed by atoms with Crippen LogP contribution in [-0.2, 0) is 0 Å². The number of aliphatic hydroxyl groups excluding tert-OH is 1. The van der Waals surface area contributed by atoms with Gasteiger partial charge in [-0.3, -0.25) is 4.79 Å². The van der Waals surface area contributed by atoms with Gasteiger partial charge in [0, 0.05) is 35.6 Å². The number of carbonyl (C=O) groups is 1. The van der Waals surface area contributed by atoms with Gasteiger partial charge in [0.25, 0.3) is 5.91 Å². The van der Waals surface area contributed by atoms with Crippen LogP contribution < -0.4 is 11.1 Å². The van der Waals surface area contributed by atoms with E-state index in [4.69, 9.17) is 10.8 Å².